The highest BCUT2D eigenvalue weighted by molar-refractivity contribution is 5.88. The zero-order valence-corrected chi connectivity index (χ0v) is 12.3. The first kappa shape index (κ1) is 16.3. The lowest BCUT2D eigenvalue weighted by atomic mass is 9.87. The maximum atomic E-state index is 11.8. The number of amides is 3. The average Bonchev–Trinajstić information content (AvgIpc) is 3.07. The molecule has 0 bridgehead atoms. The minimum Gasteiger partial charge on any atom is -0.480 e. The Kier molecular flexibility index (Phi) is 4.97. The first-order chi connectivity index (χ1) is 9.11. The summed E-state index contributed by atoms with van der Waals surface area (Å²) in [5.41, 5.74) is -0.622. The van der Waals surface area contributed by atoms with Crippen molar-refractivity contribution in [3.63, 3.8) is 0 Å². The second-order valence-corrected chi connectivity index (χ2v) is 6.26. The fourth-order valence-corrected chi connectivity index (χ4v) is 1.64. The number of carbonyl (C=O) groups excluding carboxylic acids is 2. The Morgan fingerprint density at radius 3 is 2.10 bits per heavy atom. The van der Waals surface area contributed by atoms with Crippen LogP contribution in [0.4, 0.5) is 4.79 Å². The largest absolute Gasteiger partial charge is 0.480 e. The highest BCUT2D eigenvalue weighted by Gasteiger charge is 2.33. The molecular weight excluding hydrogens is 262 g/mol. The van der Waals surface area contributed by atoms with Crippen LogP contribution in [0.25, 0.3) is 0 Å². The first-order valence-electron chi connectivity index (χ1n) is 6.71. The summed E-state index contributed by atoms with van der Waals surface area (Å²) in [4.78, 5) is 34.6. The van der Waals surface area contributed by atoms with Gasteiger partial charge in [-0.1, -0.05) is 20.8 Å². The SMILES string of the molecule is CC(NC(=O)NC(C(=O)O)C(C)(C)C)C(=O)NC1CC1. The molecule has 0 radical (unpaired) electrons. The van der Waals surface area contributed by atoms with Crippen molar-refractivity contribution in [1.82, 2.24) is 16.0 Å². The molecule has 0 saturated heterocycles. The van der Waals surface area contributed by atoms with E-state index in [-0.39, 0.29) is 11.9 Å². The monoisotopic (exact) mass is 285 g/mol. The first-order valence-corrected chi connectivity index (χ1v) is 6.71. The van der Waals surface area contributed by atoms with Crippen molar-refractivity contribution in [3.05, 3.63) is 0 Å². The summed E-state index contributed by atoms with van der Waals surface area (Å²) in [5.74, 6) is -1.37. The molecule has 0 aromatic heterocycles. The fourth-order valence-electron chi connectivity index (χ4n) is 1.64. The molecular formula is C13H23N3O4. The molecule has 114 valence electrons. The molecule has 0 aromatic rings. The Morgan fingerprint density at radius 1 is 1.15 bits per heavy atom. The van der Waals surface area contributed by atoms with E-state index in [0.29, 0.717) is 0 Å². The van der Waals surface area contributed by atoms with Gasteiger partial charge in [0, 0.05) is 6.04 Å². The van der Waals surface area contributed by atoms with E-state index in [1.54, 1.807) is 27.7 Å². The Morgan fingerprint density at radius 2 is 1.70 bits per heavy atom. The van der Waals surface area contributed by atoms with Crippen molar-refractivity contribution >= 4 is 17.9 Å². The average molecular weight is 285 g/mol. The van der Waals surface area contributed by atoms with E-state index in [2.05, 4.69) is 16.0 Å². The van der Waals surface area contributed by atoms with Crippen LogP contribution in [-0.4, -0.2) is 41.1 Å². The zero-order valence-electron chi connectivity index (χ0n) is 12.3. The summed E-state index contributed by atoms with van der Waals surface area (Å²) < 4.78 is 0. The van der Waals surface area contributed by atoms with Crippen LogP contribution >= 0.6 is 0 Å². The standard InChI is InChI=1S/C13H23N3O4/c1-7(10(17)15-8-5-6-8)14-12(20)16-9(11(18)19)13(2,3)4/h7-9H,5-6H2,1-4H3,(H,15,17)(H,18,19)(H2,14,16,20). The van der Waals surface area contributed by atoms with Crippen LogP contribution in [0.15, 0.2) is 0 Å². The lowest BCUT2D eigenvalue weighted by molar-refractivity contribution is -0.141. The van der Waals surface area contributed by atoms with E-state index in [1.165, 1.54) is 0 Å². The van der Waals surface area contributed by atoms with E-state index in [1.807, 2.05) is 0 Å². The van der Waals surface area contributed by atoms with Gasteiger partial charge in [0.2, 0.25) is 5.91 Å². The molecule has 7 nitrogen and oxygen atoms in total. The minimum absolute atomic E-state index is 0.219. The van der Waals surface area contributed by atoms with Crippen molar-refractivity contribution in [2.45, 2.75) is 58.7 Å². The van der Waals surface area contributed by atoms with Gasteiger partial charge in [-0.05, 0) is 25.2 Å². The third-order valence-electron chi connectivity index (χ3n) is 3.05. The molecule has 7 heteroatoms. The minimum atomic E-state index is -1.11. The molecule has 2 atom stereocenters. The number of rotatable bonds is 5. The summed E-state index contributed by atoms with van der Waals surface area (Å²) in [6.45, 7) is 6.71. The number of urea groups is 1. The Labute approximate surface area is 118 Å². The number of nitrogens with one attached hydrogen (secondary N) is 3. The normalized spacial score (nSPS) is 17.8. The van der Waals surface area contributed by atoms with Gasteiger partial charge in [0.1, 0.15) is 12.1 Å². The summed E-state index contributed by atoms with van der Waals surface area (Å²) in [6.07, 6.45) is 1.94. The number of carboxylic acid groups (broad SMARTS) is 1. The van der Waals surface area contributed by atoms with Crippen LogP contribution in [0, 0.1) is 5.41 Å². The lowest BCUT2D eigenvalue weighted by Crippen LogP contribution is -2.55. The quantitative estimate of drug-likeness (QED) is 0.588. The summed E-state index contributed by atoms with van der Waals surface area (Å²) in [6, 6.07) is -2.17. The molecule has 1 aliphatic carbocycles. The molecule has 1 fully saturated rings. The number of hydrogen-bond acceptors (Lipinski definition) is 3. The molecule has 20 heavy (non-hydrogen) atoms. The summed E-state index contributed by atoms with van der Waals surface area (Å²) in [5, 5.41) is 16.7. The molecule has 2 unspecified atom stereocenters. The maximum Gasteiger partial charge on any atom is 0.326 e. The second kappa shape index (κ2) is 6.11. The van der Waals surface area contributed by atoms with E-state index in [9.17, 15) is 14.4 Å². The van der Waals surface area contributed by atoms with E-state index >= 15 is 0 Å². The van der Waals surface area contributed by atoms with Gasteiger partial charge in [0.25, 0.3) is 0 Å². The molecule has 1 rings (SSSR count). The molecule has 1 saturated carbocycles. The number of hydrogen-bond donors (Lipinski definition) is 4. The number of carbonyl (C=O) groups is 3. The van der Waals surface area contributed by atoms with Crippen molar-refractivity contribution in [2.75, 3.05) is 0 Å². The van der Waals surface area contributed by atoms with E-state index in [4.69, 9.17) is 5.11 Å². The topological polar surface area (TPSA) is 108 Å². The number of carboxylic acids is 1. The van der Waals surface area contributed by atoms with Gasteiger partial charge in [-0.15, -0.1) is 0 Å². The molecule has 4 N–H and O–H groups in total. The molecule has 0 heterocycles. The third-order valence-corrected chi connectivity index (χ3v) is 3.05. The molecule has 3 amide bonds. The van der Waals surface area contributed by atoms with Crippen LogP contribution in [0.5, 0.6) is 0 Å². The maximum absolute atomic E-state index is 11.8. The Hall–Kier alpha value is -1.79. The highest BCUT2D eigenvalue weighted by Crippen LogP contribution is 2.19. The van der Waals surface area contributed by atoms with Gasteiger partial charge < -0.3 is 21.1 Å². The lowest BCUT2D eigenvalue weighted by Gasteiger charge is -2.28. The molecule has 0 aromatic carbocycles. The van der Waals surface area contributed by atoms with Crippen molar-refractivity contribution in [1.29, 1.82) is 0 Å². The summed E-state index contributed by atoms with van der Waals surface area (Å²) >= 11 is 0. The van der Waals surface area contributed by atoms with Crippen molar-refractivity contribution < 1.29 is 19.5 Å². The van der Waals surface area contributed by atoms with E-state index < -0.39 is 29.5 Å². The van der Waals surface area contributed by atoms with Crippen LogP contribution in [0.2, 0.25) is 0 Å². The van der Waals surface area contributed by atoms with Crippen LogP contribution in [0.1, 0.15) is 40.5 Å². The zero-order chi connectivity index (χ0) is 15.5. The van der Waals surface area contributed by atoms with Gasteiger partial charge in [-0.2, -0.15) is 0 Å². The van der Waals surface area contributed by atoms with Crippen LogP contribution < -0.4 is 16.0 Å². The van der Waals surface area contributed by atoms with Gasteiger partial charge in [-0.25, -0.2) is 9.59 Å². The van der Waals surface area contributed by atoms with E-state index in [0.717, 1.165) is 12.8 Å². The fraction of sp³-hybridized carbons (Fsp3) is 0.769. The predicted molar refractivity (Wildman–Crippen MR) is 73.2 cm³/mol. The molecule has 1 aliphatic rings. The van der Waals surface area contributed by atoms with Crippen LogP contribution in [0.3, 0.4) is 0 Å². The second-order valence-electron chi connectivity index (χ2n) is 6.26. The van der Waals surface area contributed by atoms with Gasteiger partial charge in [0.15, 0.2) is 0 Å². The molecule has 0 spiro atoms. The van der Waals surface area contributed by atoms with Gasteiger partial charge in [-0.3, -0.25) is 4.79 Å². The predicted octanol–water partition coefficient (Wildman–Crippen LogP) is 0.452. The summed E-state index contributed by atoms with van der Waals surface area (Å²) in [7, 11) is 0. The highest BCUT2D eigenvalue weighted by atomic mass is 16.4. The molecule has 0 aliphatic heterocycles. The Balaban J connectivity index is 2.48. The van der Waals surface area contributed by atoms with Crippen LogP contribution in [-0.2, 0) is 9.59 Å². The van der Waals surface area contributed by atoms with Gasteiger partial charge in [0.05, 0.1) is 0 Å². The number of aliphatic carboxylic acids is 1. The van der Waals surface area contributed by atoms with Crippen molar-refractivity contribution in [3.8, 4) is 0 Å². The van der Waals surface area contributed by atoms with Gasteiger partial charge >= 0.3 is 12.0 Å². The Bertz CT molecular complexity index is 399. The smallest absolute Gasteiger partial charge is 0.326 e. The van der Waals surface area contributed by atoms with Crippen molar-refractivity contribution in [2.24, 2.45) is 5.41 Å². The third kappa shape index (κ3) is 5.07.